The van der Waals surface area contributed by atoms with E-state index in [9.17, 15) is 18.0 Å². The largest absolute Gasteiger partial charge is 0.351 e. The Hall–Kier alpha value is -3.77. The number of nitrogens with one attached hydrogen (secondary N) is 2. The average molecular weight is 567 g/mol. The minimum Gasteiger partial charge on any atom is -0.351 e. The Balaban J connectivity index is 1.41. The second kappa shape index (κ2) is 13.5. The van der Waals surface area contributed by atoms with Crippen molar-refractivity contribution in [2.75, 3.05) is 33.8 Å². The first-order valence-electron chi connectivity index (χ1n) is 13.1. The Bertz CT molecular complexity index is 1440. The molecule has 1 unspecified atom stereocenters. The number of rotatable bonds is 11. The van der Waals surface area contributed by atoms with E-state index in [2.05, 4.69) is 10.8 Å². The number of hydrogen-bond donors (Lipinski definition) is 2. The van der Waals surface area contributed by atoms with Crippen LogP contribution >= 0.6 is 0 Å². The molecule has 2 heterocycles. The van der Waals surface area contributed by atoms with Crippen LogP contribution in [0.3, 0.4) is 0 Å². The van der Waals surface area contributed by atoms with E-state index in [0.717, 1.165) is 28.9 Å². The van der Waals surface area contributed by atoms with Crippen molar-refractivity contribution >= 4 is 27.9 Å². The molecule has 1 atom stereocenters. The van der Waals surface area contributed by atoms with Crippen molar-refractivity contribution in [3.05, 3.63) is 84.2 Å². The Morgan fingerprint density at radius 1 is 1.10 bits per heavy atom. The molecule has 11 heteroatoms. The maximum absolute atomic E-state index is 13.2. The fraction of sp³-hybridized carbons (Fsp3) is 0.310. The predicted octanol–water partition coefficient (Wildman–Crippen LogP) is 3.27. The molecule has 0 spiro atoms. The molecule has 1 saturated heterocycles. The molecule has 4 rings (SSSR count). The molecule has 0 saturated carbocycles. The van der Waals surface area contributed by atoms with Crippen LogP contribution in [-0.2, 0) is 24.4 Å². The standard InChI is InChI=1S/C29H34N4O6S/c1-32(2)19-17-30-29(35)26-8-4-3-7-25(26)23-11-13-24(14-12-23)40(36,37)33-18-16-22(21-33)10-15-27(34)31-39-28-9-5-6-20-38-28/h3-4,7-8,10-16,18,21,28H,5-6,9,17,19-20H2,1-2H3,(H,30,35)(H,31,34). The second-order valence-electron chi connectivity index (χ2n) is 9.62. The molecular weight excluding hydrogens is 532 g/mol. The molecule has 2 amide bonds. The number of amides is 2. The van der Waals surface area contributed by atoms with Gasteiger partial charge in [-0.15, -0.1) is 0 Å². The van der Waals surface area contributed by atoms with Crippen molar-refractivity contribution in [2.45, 2.75) is 30.4 Å². The first kappa shape index (κ1) is 29.2. The highest BCUT2D eigenvalue weighted by Crippen LogP contribution is 2.26. The first-order valence-corrected chi connectivity index (χ1v) is 14.5. The monoisotopic (exact) mass is 566 g/mol. The third-order valence-electron chi connectivity index (χ3n) is 6.30. The van der Waals surface area contributed by atoms with E-state index in [1.807, 2.05) is 31.1 Å². The summed E-state index contributed by atoms with van der Waals surface area (Å²) in [6.07, 6.45) is 7.80. The summed E-state index contributed by atoms with van der Waals surface area (Å²) in [5, 5.41) is 2.92. The van der Waals surface area contributed by atoms with Crippen molar-refractivity contribution in [3.63, 3.8) is 0 Å². The molecule has 0 bridgehead atoms. The van der Waals surface area contributed by atoms with E-state index in [1.165, 1.54) is 36.7 Å². The molecule has 10 nitrogen and oxygen atoms in total. The molecule has 2 N–H and O–H groups in total. The summed E-state index contributed by atoms with van der Waals surface area (Å²) in [6, 6.07) is 15.2. The van der Waals surface area contributed by atoms with Gasteiger partial charge in [0.1, 0.15) is 0 Å². The molecule has 40 heavy (non-hydrogen) atoms. The lowest BCUT2D eigenvalue weighted by Crippen LogP contribution is -2.32. The van der Waals surface area contributed by atoms with Crippen molar-refractivity contribution < 1.29 is 27.6 Å². The van der Waals surface area contributed by atoms with Crippen molar-refractivity contribution in [3.8, 4) is 11.1 Å². The Kier molecular flexibility index (Phi) is 9.88. The van der Waals surface area contributed by atoms with Gasteiger partial charge in [0, 0.05) is 50.2 Å². The van der Waals surface area contributed by atoms with Crippen molar-refractivity contribution in [1.29, 1.82) is 0 Å². The quantitative estimate of drug-likeness (QED) is 0.270. The molecule has 1 fully saturated rings. The van der Waals surface area contributed by atoms with Crippen LogP contribution in [0.2, 0.25) is 0 Å². The average Bonchev–Trinajstić information content (AvgIpc) is 3.45. The number of hydrogen-bond acceptors (Lipinski definition) is 7. The summed E-state index contributed by atoms with van der Waals surface area (Å²) in [7, 11) is -0.0000620. The fourth-order valence-electron chi connectivity index (χ4n) is 4.12. The number of ether oxygens (including phenoxy) is 1. The topological polar surface area (TPSA) is 119 Å². The lowest BCUT2D eigenvalue weighted by atomic mass is 9.99. The molecule has 1 aliphatic heterocycles. The minimum atomic E-state index is -3.87. The molecule has 0 radical (unpaired) electrons. The van der Waals surface area contributed by atoms with Gasteiger partial charge in [0.2, 0.25) is 0 Å². The van der Waals surface area contributed by atoms with Crippen LogP contribution in [0.1, 0.15) is 35.2 Å². The van der Waals surface area contributed by atoms with Gasteiger partial charge in [0.25, 0.3) is 21.8 Å². The van der Waals surface area contributed by atoms with Gasteiger partial charge < -0.3 is 15.0 Å². The minimum absolute atomic E-state index is 0.0916. The zero-order chi connectivity index (χ0) is 28.5. The normalized spacial score (nSPS) is 15.8. The van der Waals surface area contributed by atoms with Gasteiger partial charge in [0.15, 0.2) is 6.29 Å². The number of hydroxylamine groups is 1. The highest BCUT2D eigenvalue weighted by molar-refractivity contribution is 7.90. The predicted molar refractivity (Wildman–Crippen MR) is 152 cm³/mol. The summed E-state index contributed by atoms with van der Waals surface area (Å²) < 4.78 is 32.9. The van der Waals surface area contributed by atoms with Gasteiger partial charge in [-0.1, -0.05) is 30.3 Å². The first-order chi connectivity index (χ1) is 19.2. The molecular formula is C29H34N4O6S. The van der Waals surface area contributed by atoms with Gasteiger partial charge >= 0.3 is 0 Å². The molecule has 2 aromatic carbocycles. The van der Waals surface area contributed by atoms with Gasteiger partial charge in [-0.3, -0.25) is 9.59 Å². The summed E-state index contributed by atoms with van der Waals surface area (Å²) >= 11 is 0. The Morgan fingerprint density at radius 3 is 2.60 bits per heavy atom. The van der Waals surface area contributed by atoms with E-state index >= 15 is 0 Å². The van der Waals surface area contributed by atoms with E-state index in [4.69, 9.17) is 9.57 Å². The number of likely N-dealkylation sites (N-methyl/N-ethyl adjacent to an activating group) is 1. The van der Waals surface area contributed by atoms with E-state index in [1.54, 1.807) is 30.3 Å². The number of carbonyl (C=O) groups excluding carboxylic acids is 2. The molecule has 1 aliphatic rings. The van der Waals surface area contributed by atoms with Crippen LogP contribution < -0.4 is 10.8 Å². The van der Waals surface area contributed by atoms with Crippen molar-refractivity contribution in [1.82, 2.24) is 19.7 Å². The smallest absolute Gasteiger partial charge is 0.267 e. The van der Waals surface area contributed by atoms with E-state index < -0.39 is 22.2 Å². The van der Waals surface area contributed by atoms with E-state index in [0.29, 0.717) is 36.3 Å². The maximum Gasteiger partial charge on any atom is 0.267 e. The SMILES string of the molecule is CN(C)CCNC(=O)c1ccccc1-c1ccc(S(=O)(=O)n2ccc(C=CC(=O)NOC3CCCCO3)c2)cc1. The number of carbonyl (C=O) groups is 2. The van der Waals surface area contributed by atoms with Gasteiger partial charge in [-0.05, 0) is 74.0 Å². The summed E-state index contributed by atoms with van der Waals surface area (Å²) in [5.41, 5.74) is 4.80. The van der Waals surface area contributed by atoms with Crippen molar-refractivity contribution in [2.24, 2.45) is 0 Å². The van der Waals surface area contributed by atoms with Crippen LogP contribution in [-0.4, -0.2) is 69.2 Å². The van der Waals surface area contributed by atoms with Crippen LogP contribution in [0, 0.1) is 0 Å². The number of aromatic nitrogens is 1. The summed E-state index contributed by atoms with van der Waals surface area (Å²) in [4.78, 5) is 32.1. The summed E-state index contributed by atoms with van der Waals surface area (Å²) in [5.74, 6) is -0.670. The van der Waals surface area contributed by atoms with Crippen LogP contribution in [0.15, 0.2) is 78.0 Å². The third kappa shape index (κ3) is 7.66. The number of nitrogens with zero attached hydrogens (tertiary/aromatic N) is 2. The highest BCUT2D eigenvalue weighted by Gasteiger charge is 2.18. The maximum atomic E-state index is 13.2. The third-order valence-corrected chi connectivity index (χ3v) is 7.95. The Morgan fingerprint density at radius 2 is 1.88 bits per heavy atom. The molecule has 3 aromatic rings. The van der Waals surface area contributed by atoms with Gasteiger partial charge in [-0.25, -0.2) is 22.7 Å². The number of benzene rings is 2. The second-order valence-corrected chi connectivity index (χ2v) is 11.5. The highest BCUT2D eigenvalue weighted by atomic mass is 32.2. The zero-order valence-corrected chi connectivity index (χ0v) is 23.4. The van der Waals surface area contributed by atoms with E-state index in [-0.39, 0.29) is 10.8 Å². The molecule has 1 aromatic heterocycles. The zero-order valence-electron chi connectivity index (χ0n) is 22.6. The fourth-order valence-corrected chi connectivity index (χ4v) is 5.33. The molecule has 212 valence electrons. The van der Waals surface area contributed by atoms with Gasteiger partial charge in [0.05, 0.1) is 4.90 Å². The van der Waals surface area contributed by atoms with Gasteiger partial charge in [-0.2, -0.15) is 0 Å². The lowest BCUT2D eigenvalue weighted by Gasteiger charge is -2.21. The lowest BCUT2D eigenvalue weighted by molar-refractivity contribution is -0.198. The van der Waals surface area contributed by atoms with Crippen LogP contribution in [0.25, 0.3) is 17.2 Å². The Labute approximate surface area is 234 Å². The summed E-state index contributed by atoms with van der Waals surface area (Å²) in [6.45, 7) is 1.83. The van der Waals surface area contributed by atoms with Crippen LogP contribution in [0.4, 0.5) is 0 Å². The van der Waals surface area contributed by atoms with Crippen LogP contribution in [0.5, 0.6) is 0 Å². The molecule has 0 aliphatic carbocycles.